The van der Waals surface area contributed by atoms with Gasteiger partial charge in [0.25, 0.3) is 5.91 Å². The summed E-state index contributed by atoms with van der Waals surface area (Å²) in [7, 11) is 0. The van der Waals surface area contributed by atoms with E-state index in [2.05, 4.69) is 37.5 Å². The Hall–Kier alpha value is -1.63. The molecule has 3 fully saturated rings. The second-order valence-electron chi connectivity index (χ2n) is 8.08. The van der Waals surface area contributed by atoms with Gasteiger partial charge in [0.2, 0.25) is 0 Å². The minimum absolute atomic E-state index is 0.231. The van der Waals surface area contributed by atoms with E-state index in [1.165, 1.54) is 11.3 Å². The first-order valence-electron chi connectivity index (χ1n) is 10.1. The monoisotopic (exact) mass is 355 g/mol. The summed E-state index contributed by atoms with van der Waals surface area (Å²) in [4.78, 5) is 20.1. The van der Waals surface area contributed by atoms with Crippen LogP contribution >= 0.6 is 0 Å². The Balaban J connectivity index is 1.30. The van der Waals surface area contributed by atoms with Crippen molar-refractivity contribution in [1.29, 1.82) is 0 Å². The lowest BCUT2D eigenvalue weighted by Gasteiger charge is -2.48. The Morgan fingerprint density at radius 3 is 2.62 bits per heavy atom. The number of benzene rings is 1. The fourth-order valence-corrected chi connectivity index (χ4v) is 4.96. The van der Waals surface area contributed by atoms with Crippen molar-refractivity contribution in [1.82, 2.24) is 20.4 Å². The lowest BCUT2D eigenvalue weighted by atomic mass is 10.0. The molecule has 1 amide bonds. The number of hydrogen-bond acceptors (Lipinski definition) is 5. The number of nitrogens with zero attached hydrogens (tertiary/aromatic N) is 3. The summed E-state index contributed by atoms with van der Waals surface area (Å²) in [6.07, 6.45) is 2.28. The number of piperidine rings is 1. The fourth-order valence-electron chi connectivity index (χ4n) is 4.96. The molecule has 5 rings (SSSR count). The van der Waals surface area contributed by atoms with E-state index in [1.54, 1.807) is 0 Å². The van der Waals surface area contributed by atoms with Gasteiger partial charge in [0.05, 0.1) is 0 Å². The molecule has 0 radical (unpaired) electrons. The Kier molecular flexibility index (Phi) is 4.35. The van der Waals surface area contributed by atoms with Crippen molar-refractivity contribution in [3.63, 3.8) is 0 Å². The normalized spacial score (nSPS) is 27.5. The largest absolute Gasteiger partial charge is 0.368 e. The van der Waals surface area contributed by atoms with Gasteiger partial charge in [0.15, 0.2) is 0 Å². The molecule has 1 aromatic carbocycles. The molecule has 4 aliphatic rings. The standard InChI is InChI=1S/C20H29N5O/c26-20-17-4-1-5-19(18(17)14-25(20)15-3-2-6-22-11-15)24-12-16(13-24)23-9-7-21-8-10-23/h1,4-5,15-16,21-22H,2-3,6-14H2. The highest BCUT2D eigenvalue weighted by atomic mass is 16.2. The molecule has 1 aromatic rings. The third-order valence-corrected chi connectivity index (χ3v) is 6.55. The van der Waals surface area contributed by atoms with E-state index in [9.17, 15) is 4.79 Å². The smallest absolute Gasteiger partial charge is 0.254 e. The number of anilines is 1. The Bertz CT molecular complexity index is 675. The number of nitrogens with one attached hydrogen (secondary N) is 2. The van der Waals surface area contributed by atoms with Crippen LogP contribution in [-0.4, -0.2) is 80.1 Å². The molecule has 0 aliphatic carbocycles. The summed E-state index contributed by atoms with van der Waals surface area (Å²) in [6, 6.07) is 7.31. The van der Waals surface area contributed by atoms with Crippen molar-refractivity contribution in [2.24, 2.45) is 0 Å². The van der Waals surface area contributed by atoms with Crippen LogP contribution in [0.1, 0.15) is 28.8 Å². The molecule has 0 bridgehead atoms. The van der Waals surface area contributed by atoms with Crippen LogP contribution in [0.25, 0.3) is 0 Å². The molecular weight excluding hydrogens is 326 g/mol. The molecule has 1 unspecified atom stereocenters. The summed E-state index contributed by atoms with van der Waals surface area (Å²) < 4.78 is 0. The van der Waals surface area contributed by atoms with Crippen molar-refractivity contribution in [2.75, 3.05) is 57.3 Å². The van der Waals surface area contributed by atoms with Gasteiger partial charge in [-0.05, 0) is 31.5 Å². The van der Waals surface area contributed by atoms with E-state index in [-0.39, 0.29) is 5.91 Å². The maximum absolute atomic E-state index is 13.0. The number of hydrogen-bond donors (Lipinski definition) is 2. The summed E-state index contributed by atoms with van der Waals surface area (Å²) in [6.45, 7) is 9.52. The van der Waals surface area contributed by atoms with Gasteiger partial charge in [0.1, 0.15) is 0 Å². The number of amides is 1. The van der Waals surface area contributed by atoms with Crippen LogP contribution in [0.3, 0.4) is 0 Å². The van der Waals surface area contributed by atoms with Gasteiger partial charge < -0.3 is 20.4 Å². The molecular formula is C20H29N5O. The van der Waals surface area contributed by atoms with E-state index in [4.69, 9.17) is 0 Å². The first-order chi connectivity index (χ1) is 12.8. The number of piperazine rings is 1. The second-order valence-corrected chi connectivity index (χ2v) is 8.08. The van der Waals surface area contributed by atoms with Crippen LogP contribution in [0.5, 0.6) is 0 Å². The summed E-state index contributed by atoms with van der Waals surface area (Å²) in [5, 5.41) is 6.88. The minimum Gasteiger partial charge on any atom is -0.368 e. The Labute approximate surface area is 155 Å². The Morgan fingerprint density at radius 1 is 1.00 bits per heavy atom. The zero-order valence-corrected chi connectivity index (χ0v) is 15.4. The van der Waals surface area contributed by atoms with Crippen molar-refractivity contribution >= 4 is 11.6 Å². The van der Waals surface area contributed by atoms with Gasteiger partial charge >= 0.3 is 0 Å². The average Bonchev–Trinajstić information content (AvgIpc) is 3.00. The highest BCUT2D eigenvalue weighted by molar-refractivity contribution is 6.00. The van der Waals surface area contributed by atoms with E-state index in [1.807, 2.05) is 6.07 Å². The molecule has 4 aliphatic heterocycles. The minimum atomic E-state index is 0.231. The second kappa shape index (κ2) is 6.83. The third kappa shape index (κ3) is 2.80. The van der Waals surface area contributed by atoms with Gasteiger partial charge in [-0.25, -0.2) is 0 Å². The van der Waals surface area contributed by atoms with Crippen LogP contribution in [0, 0.1) is 0 Å². The van der Waals surface area contributed by atoms with E-state index in [0.29, 0.717) is 12.1 Å². The number of carbonyl (C=O) groups is 1. The lowest BCUT2D eigenvalue weighted by Crippen LogP contribution is -2.63. The van der Waals surface area contributed by atoms with E-state index < -0.39 is 0 Å². The van der Waals surface area contributed by atoms with Crippen LogP contribution < -0.4 is 15.5 Å². The molecule has 0 spiro atoms. The van der Waals surface area contributed by atoms with Crippen LogP contribution in [-0.2, 0) is 6.54 Å². The van der Waals surface area contributed by atoms with Crippen LogP contribution in [0.4, 0.5) is 5.69 Å². The topological polar surface area (TPSA) is 50.9 Å². The SMILES string of the molecule is O=C1c2cccc(N3CC(N4CCNCC4)C3)c2CN1C1CCCNC1. The molecule has 6 nitrogen and oxygen atoms in total. The summed E-state index contributed by atoms with van der Waals surface area (Å²) in [5.74, 6) is 0.231. The predicted molar refractivity (Wildman–Crippen MR) is 103 cm³/mol. The maximum Gasteiger partial charge on any atom is 0.254 e. The average molecular weight is 355 g/mol. The molecule has 26 heavy (non-hydrogen) atoms. The molecule has 3 saturated heterocycles. The van der Waals surface area contributed by atoms with Gasteiger partial charge in [-0.1, -0.05) is 6.07 Å². The first-order valence-corrected chi connectivity index (χ1v) is 10.1. The molecule has 0 aromatic heterocycles. The van der Waals surface area contributed by atoms with Crippen LogP contribution in [0.15, 0.2) is 18.2 Å². The quantitative estimate of drug-likeness (QED) is 0.826. The zero-order chi connectivity index (χ0) is 17.5. The van der Waals surface area contributed by atoms with Crippen molar-refractivity contribution in [3.05, 3.63) is 29.3 Å². The van der Waals surface area contributed by atoms with Crippen molar-refractivity contribution in [3.8, 4) is 0 Å². The molecule has 140 valence electrons. The van der Waals surface area contributed by atoms with E-state index >= 15 is 0 Å². The van der Waals surface area contributed by atoms with Gasteiger partial charge in [0, 0.05) is 81.3 Å². The highest BCUT2D eigenvalue weighted by Crippen LogP contribution is 2.36. The number of carbonyl (C=O) groups excluding carboxylic acids is 1. The fraction of sp³-hybridized carbons (Fsp3) is 0.650. The van der Waals surface area contributed by atoms with Gasteiger partial charge in [-0.3, -0.25) is 9.69 Å². The highest BCUT2D eigenvalue weighted by Gasteiger charge is 2.38. The number of fused-ring (bicyclic) bond motifs is 1. The van der Waals surface area contributed by atoms with Crippen molar-refractivity contribution in [2.45, 2.75) is 31.5 Å². The van der Waals surface area contributed by atoms with Gasteiger partial charge in [-0.15, -0.1) is 0 Å². The number of rotatable bonds is 3. The third-order valence-electron chi connectivity index (χ3n) is 6.55. The predicted octanol–water partition coefficient (Wildman–Crippen LogP) is 0.488. The molecule has 2 N–H and O–H groups in total. The van der Waals surface area contributed by atoms with Crippen molar-refractivity contribution < 1.29 is 4.79 Å². The van der Waals surface area contributed by atoms with Gasteiger partial charge in [-0.2, -0.15) is 0 Å². The zero-order valence-electron chi connectivity index (χ0n) is 15.4. The summed E-state index contributed by atoms with van der Waals surface area (Å²) in [5.41, 5.74) is 3.47. The first kappa shape index (κ1) is 16.5. The molecule has 0 saturated carbocycles. The Morgan fingerprint density at radius 2 is 1.85 bits per heavy atom. The van der Waals surface area contributed by atoms with E-state index in [0.717, 1.165) is 77.3 Å². The van der Waals surface area contributed by atoms with Crippen LogP contribution in [0.2, 0.25) is 0 Å². The summed E-state index contributed by atoms with van der Waals surface area (Å²) >= 11 is 0. The molecule has 4 heterocycles. The maximum atomic E-state index is 13.0. The lowest BCUT2D eigenvalue weighted by molar-refractivity contribution is 0.0674. The molecule has 6 heteroatoms. The molecule has 1 atom stereocenters.